The summed E-state index contributed by atoms with van der Waals surface area (Å²) < 4.78 is 1.99. The fourth-order valence-corrected chi connectivity index (χ4v) is 5.73. The van der Waals surface area contributed by atoms with E-state index in [9.17, 15) is 4.79 Å². The molecule has 0 amide bonds. The molecule has 2 unspecified atom stereocenters. The Hall–Kier alpha value is -3.48. The van der Waals surface area contributed by atoms with Crippen molar-refractivity contribution in [3.8, 4) is 0 Å². The molecule has 2 aromatic heterocycles. The maximum Gasteiger partial charge on any atom is 0.254 e. The van der Waals surface area contributed by atoms with Crippen molar-refractivity contribution in [1.82, 2.24) is 25.2 Å². The predicted octanol–water partition coefficient (Wildman–Crippen LogP) is 4.48. The summed E-state index contributed by atoms with van der Waals surface area (Å²) in [5, 5.41) is 14.1. The first-order valence-electron chi connectivity index (χ1n) is 11.9. The lowest BCUT2D eigenvalue weighted by Gasteiger charge is -2.34. The van der Waals surface area contributed by atoms with Gasteiger partial charge in [-0.3, -0.25) is 4.79 Å². The van der Waals surface area contributed by atoms with Gasteiger partial charge in [0, 0.05) is 22.8 Å². The summed E-state index contributed by atoms with van der Waals surface area (Å²) in [7, 11) is 0. The molecule has 1 N–H and O–H groups in total. The number of pyridine rings is 1. The first-order chi connectivity index (χ1) is 16.1. The lowest BCUT2D eigenvalue weighted by molar-refractivity contribution is 0.423. The quantitative estimate of drug-likeness (QED) is 0.506. The van der Waals surface area contributed by atoms with Gasteiger partial charge in [-0.05, 0) is 78.8 Å². The van der Waals surface area contributed by atoms with Crippen LogP contribution in [0.1, 0.15) is 67.2 Å². The molecule has 0 spiro atoms. The summed E-state index contributed by atoms with van der Waals surface area (Å²) in [5.41, 5.74) is 5.05. The number of nitrogens with zero attached hydrogens (tertiary/aromatic N) is 5. The van der Waals surface area contributed by atoms with Crippen LogP contribution in [0.3, 0.4) is 0 Å². The Kier molecular flexibility index (Phi) is 4.78. The molecule has 7 nitrogen and oxygen atoms in total. The number of hydrogen-bond acceptors (Lipinski definition) is 5. The minimum Gasteiger partial charge on any atom is -0.354 e. The fraction of sp³-hybridized carbons (Fsp3) is 0.385. The van der Waals surface area contributed by atoms with E-state index in [1.54, 1.807) is 0 Å². The molecule has 33 heavy (non-hydrogen) atoms. The standard InChI is InChI=1S/C26H28N6O/c1-16-11-12-22-19(13-16)15-21(26(33)27-22)24(25-28-29-30-32(25)20-8-4-5-9-20)31-17(2)14-18-7-3-6-10-23(18)31/h3,6-7,10-13,15,17,20,24H,4-5,8-9,14H2,1-2H3,(H,27,33). The molecule has 4 aromatic rings. The first kappa shape index (κ1) is 20.1. The lowest BCUT2D eigenvalue weighted by Crippen LogP contribution is -2.39. The highest BCUT2D eigenvalue weighted by Gasteiger charge is 2.39. The summed E-state index contributed by atoms with van der Waals surface area (Å²) >= 11 is 0. The number of para-hydroxylation sites is 1. The molecule has 7 heteroatoms. The van der Waals surface area contributed by atoms with E-state index in [-0.39, 0.29) is 23.7 Å². The molecular weight excluding hydrogens is 412 g/mol. The van der Waals surface area contributed by atoms with Crippen molar-refractivity contribution in [2.45, 2.75) is 64.1 Å². The van der Waals surface area contributed by atoms with Crippen LogP contribution in [0.2, 0.25) is 0 Å². The molecule has 168 valence electrons. The maximum atomic E-state index is 13.5. The summed E-state index contributed by atoms with van der Waals surface area (Å²) in [6, 6.07) is 16.8. The number of H-pyrrole nitrogens is 1. The van der Waals surface area contributed by atoms with E-state index >= 15 is 0 Å². The highest BCUT2D eigenvalue weighted by molar-refractivity contribution is 5.80. The minimum absolute atomic E-state index is 0.0890. The molecular formula is C26H28N6O. The average molecular weight is 441 g/mol. The van der Waals surface area contributed by atoms with E-state index in [1.165, 1.54) is 18.4 Å². The molecule has 1 fully saturated rings. The molecule has 2 atom stereocenters. The van der Waals surface area contributed by atoms with Crippen molar-refractivity contribution in [2.75, 3.05) is 4.90 Å². The van der Waals surface area contributed by atoms with Gasteiger partial charge in [0.2, 0.25) is 0 Å². The van der Waals surface area contributed by atoms with Crippen molar-refractivity contribution in [3.05, 3.63) is 81.4 Å². The number of aromatic nitrogens is 5. The monoisotopic (exact) mass is 440 g/mol. The van der Waals surface area contributed by atoms with E-state index in [0.717, 1.165) is 47.2 Å². The number of tetrazole rings is 1. The highest BCUT2D eigenvalue weighted by Crippen LogP contribution is 2.42. The van der Waals surface area contributed by atoms with Gasteiger partial charge in [-0.1, -0.05) is 42.7 Å². The molecule has 1 saturated carbocycles. The van der Waals surface area contributed by atoms with Crippen LogP contribution < -0.4 is 10.5 Å². The van der Waals surface area contributed by atoms with Gasteiger partial charge >= 0.3 is 0 Å². The fourth-order valence-electron chi connectivity index (χ4n) is 5.73. The van der Waals surface area contributed by atoms with Gasteiger partial charge in [-0.15, -0.1) is 5.10 Å². The van der Waals surface area contributed by atoms with Crippen molar-refractivity contribution < 1.29 is 0 Å². The predicted molar refractivity (Wildman–Crippen MR) is 129 cm³/mol. The second kappa shape index (κ2) is 7.83. The molecule has 0 radical (unpaired) electrons. The Balaban J connectivity index is 1.59. The third kappa shape index (κ3) is 3.34. The highest BCUT2D eigenvalue weighted by atomic mass is 16.1. The normalized spacial score (nSPS) is 19.3. The SMILES string of the molecule is Cc1ccc2[nH]c(=O)c(C(c3nnnn3C3CCCC3)N3c4ccccc4CC3C)cc2c1. The number of aromatic amines is 1. The molecule has 2 aliphatic rings. The smallest absolute Gasteiger partial charge is 0.254 e. The summed E-state index contributed by atoms with van der Waals surface area (Å²) in [6.45, 7) is 4.29. The van der Waals surface area contributed by atoms with Crippen LogP contribution in [0.4, 0.5) is 5.69 Å². The number of anilines is 1. The number of rotatable bonds is 4. The number of hydrogen-bond donors (Lipinski definition) is 1. The Labute approximate surface area is 192 Å². The lowest BCUT2D eigenvalue weighted by atomic mass is 10.0. The zero-order chi connectivity index (χ0) is 22.5. The second-order valence-electron chi connectivity index (χ2n) is 9.56. The number of aryl methyl sites for hydroxylation is 1. The Morgan fingerprint density at radius 2 is 1.91 bits per heavy atom. The zero-order valence-corrected chi connectivity index (χ0v) is 19.0. The first-order valence-corrected chi connectivity index (χ1v) is 11.9. The van der Waals surface area contributed by atoms with Gasteiger partial charge < -0.3 is 9.88 Å². The third-order valence-corrected chi connectivity index (χ3v) is 7.29. The van der Waals surface area contributed by atoms with Gasteiger partial charge in [0.15, 0.2) is 5.82 Å². The Morgan fingerprint density at radius 3 is 2.76 bits per heavy atom. The average Bonchev–Trinajstić information content (AvgIpc) is 3.55. The summed E-state index contributed by atoms with van der Waals surface area (Å²) in [4.78, 5) is 19.0. The van der Waals surface area contributed by atoms with Crippen LogP contribution >= 0.6 is 0 Å². The van der Waals surface area contributed by atoms with Gasteiger partial charge in [-0.2, -0.15) is 0 Å². The van der Waals surface area contributed by atoms with Crippen LogP contribution in [-0.4, -0.2) is 31.2 Å². The van der Waals surface area contributed by atoms with E-state index in [1.807, 2.05) is 22.9 Å². The summed E-state index contributed by atoms with van der Waals surface area (Å²) in [6.07, 6.45) is 5.46. The largest absolute Gasteiger partial charge is 0.354 e. The van der Waals surface area contributed by atoms with E-state index in [0.29, 0.717) is 5.56 Å². The van der Waals surface area contributed by atoms with Gasteiger partial charge in [0.1, 0.15) is 6.04 Å². The minimum atomic E-state index is -0.368. The Bertz CT molecular complexity index is 1380. The summed E-state index contributed by atoms with van der Waals surface area (Å²) in [5.74, 6) is 0.753. The third-order valence-electron chi connectivity index (χ3n) is 7.29. The van der Waals surface area contributed by atoms with E-state index in [4.69, 9.17) is 0 Å². The molecule has 1 aliphatic heterocycles. The molecule has 3 heterocycles. The zero-order valence-electron chi connectivity index (χ0n) is 19.0. The number of nitrogens with one attached hydrogen (secondary N) is 1. The molecule has 1 aliphatic carbocycles. The maximum absolute atomic E-state index is 13.5. The number of fused-ring (bicyclic) bond motifs is 2. The van der Waals surface area contributed by atoms with Crippen molar-refractivity contribution in [2.24, 2.45) is 0 Å². The van der Waals surface area contributed by atoms with E-state index in [2.05, 4.69) is 69.6 Å². The van der Waals surface area contributed by atoms with Gasteiger partial charge in [0.25, 0.3) is 5.56 Å². The topological polar surface area (TPSA) is 79.7 Å². The van der Waals surface area contributed by atoms with Crippen molar-refractivity contribution in [3.63, 3.8) is 0 Å². The van der Waals surface area contributed by atoms with Crippen molar-refractivity contribution in [1.29, 1.82) is 0 Å². The van der Waals surface area contributed by atoms with Gasteiger partial charge in [-0.25, -0.2) is 4.68 Å². The molecule has 0 saturated heterocycles. The van der Waals surface area contributed by atoms with Crippen LogP contribution in [0.5, 0.6) is 0 Å². The molecule has 0 bridgehead atoms. The van der Waals surface area contributed by atoms with Crippen molar-refractivity contribution >= 4 is 16.6 Å². The van der Waals surface area contributed by atoms with Crippen LogP contribution in [0, 0.1) is 6.92 Å². The van der Waals surface area contributed by atoms with E-state index < -0.39 is 0 Å². The number of benzene rings is 2. The van der Waals surface area contributed by atoms with Crippen LogP contribution in [0.15, 0.2) is 53.3 Å². The molecule has 6 rings (SSSR count). The van der Waals surface area contributed by atoms with Crippen LogP contribution in [-0.2, 0) is 6.42 Å². The van der Waals surface area contributed by atoms with Gasteiger partial charge in [0.05, 0.1) is 6.04 Å². The second-order valence-corrected chi connectivity index (χ2v) is 9.56. The molecule has 2 aromatic carbocycles. The van der Waals surface area contributed by atoms with Crippen LogP contribution in [0.25, 0.3) is 10.9 Å². The Morgan fingerprint density at radius 1 is 1.09 bits per heavy atom.